The summed E-state index contributed by atoms with van der Waals surface area (Å²) in [5.41, 5.74) is 6.48. The van der Waals surface area contributed by atoms with Crippen LogP contribution >= 0.6 is 11.6 Å². The summed E-state index contributed by atoms with van der Waals surface area (Å²) >= 11 is 6.14. The number of methoxy groups -OCH3 is 1. The molecule has 0 radical (unpaired) electrons. The summed E-state index contributed by atoms with van der Waals surface area (Å²) in [5, 5.41) is 9.70. The summed E-state index contributed by atoms with van der Waals surface area (Å²) in [6.45, 7) is 0.453. The Morgan fingerprint density at radius 2 is 2.22 bits per heavy atom. The van der Waals surface area contributed by atoms with Crippen molar-refractivity contribution in [3.8, 4) is 11.5 Å². The van der Waals surface area contributed by atoms with Gasteiger partial charge in [0, 0.05) is 10.6 Å². The lowest BCUT2D eigenvalue weighted by Crippen LogP contribution is -2.17. The van der Waals surface area contributed by atoms with Crippen LogP contribution in [0.1, 0.15) is 24.4 Å². The smallest absolute Gasteiger partial charge is 0.167 e. The first-order valence-electron chi connectivity index (χ1n) is 6.03. The molecule has 1 fully saturated rings. The molecular formula is C13H18ClNO3. The minimum absolute atomic E-state index is 0.188. The molecule has 100 valence electrons. The molecule has 5 heteroatoms. The number of benzene rings is 1. The molecule has 1 unspecified atom stereocenters. The number of aliphatic hydroxyl groups excluding tert-OH is 1. The van der Waals surface area contributed by atoms with E-state index in [1.54, 1.807) is 19.2 Å². The van der Waals surface area contributed by atoms with Gasteiger partial charge in [0.2, 0.25) is 0 Å². The minimum atomic E-state index is -0.568. The van der Waals surface area contributed by atoms with E-state index in [-0.39, 0.29) is 6.61 Å². The number of ether oxygens (including phenoxy) is 2. The summed E-state index contributed by atoms with van der Waals surface area (Å²) in [4.78, 5) is 0. The van der Waals surface area contributed by atoms with E-state index in [4.69, 9.17) is 26.8 Å². The molecule has 1 aromatic carbocycles. The van der Waals surface area contributed by atoms with Crippen LogP contribution in [0, 0.1) is 5.92 Å². The molecule has 0 heterocycles. The Balaban J connectivity index is 2.32. The van der Waals surface area contributed by atoms with Crippen LogP contribution in [0.25, 0.3) is 0 Å². The molecule has 3 N–H and O–H groups in total. The van der Waals surface area contributed by atoms with Gasteiger partial charge in [0.25, 0.3) is 0 Å². The van der Waals surface area contributed by atoms with E-state index in [9.17, 15) is 5.11 Å². The Bertz CT molecular complexity index is 421. The van der Waals surface area contributed by atoms with Crippen LogP contribution in [-0.2, 0) is 0 Å². The van der Waals surface area contributed by atoms with Crippen molar-refractivity contribution in [2.75, 3.05) is 20.3 Å². The predicted octanol–water partition coefficient (Wildman–Crippen LogP) is 2.13. The molecule has 1 aliphatic rings. The third-order valence-electron chi connectivity index (χ3n) is 3.05. The van der Waals surface area contributed by atoms with E-state index >= 15 is 0 Å². The van der Waals surface area contributed by atoms with Crippen LogP contribution in [0.3, 0.4) is 0 Å². The number of nitrogens with two attached hydrogens (primary N) is 1. The second-order valence-corrected chi connectivity index (χ2v) is 4.94. The number of aliphatic hydroxyl groups is 1. The van der Waals surface area contributed by atoms with Crippen LogP contribution in [0.15, 0.2) is 12.1 Å². The van der Waals surface area contributed by atoms with E-state index in [0.29, 0.717) is 34.6 Å². The lowest BCUT2D eigenvalue weighted by molar-refractivity contribution is 0.251. The zero-order valence-electron chi connectivity index (χ0n) is 10.4. The molecule has 1 atom stereocenters. The van der Waals surface area contributed by atoms with Gasteiger partial charge < -0.3 is 20.3 Å². The molecule has 0 amide bonds. The first-order chi connectivity index (χ1) is 8.67. The van der Waals surface area contributed by atoms with Crippen molar-refractivity contribution in [1.82, 2.24) is 0 Å². The maximum Gasteiger partial charge on any atom is 0.167 e. The Kier molecular flexibility index (Phi) is 4.32. The quantitative estimate of drug-likeness (QED) is 0.832. The summed E-state index contributed by atoms with van der Waals surface area (Å²) in [6, 6.07) is 2.88. The molecule has 0 aromatic heterocycles. The van der Waals surface area contributed by atoms with Crippen LogP contribution in [0.5, 0.6) is 11.5 Å². The van der Waals surface area contributed by atoms with E-state index in [0.717, 1.165) is 0 Å². The maximum absolute atomic E-state index is 9.21. The summed E-state index contributed by atoms with van der Waals surface area (Å²) < 4.78 is 11.1. The molecule has 0 aliphatic heterocycles. The second kappa shape index (κ2) is 5.78. The van der Waals surface area contributed by atoms with Gasteiger partial charge in [-0.05, 0) is 30.9 Å². The topological polar surface area (TPSA) is 64.7 Å². The van der Waals surface area contributed by atoms with Crippen LogP contribution in [-0.4, -0.2) is 25.4 Å². The van der Waals surface area contributed by atoms with Gasteiger partial charge in [0.1, 0.15) is 0 Å². The van der Waals surface area contributed by atoms with E-state index < -0.39 is 6.04 Å². The van der Waals surface area contributed by atoms with Crippen LogP contribution < -0.4 is 15.2 Å². The van der Waals surface area contributed by atoms with Gasteiger partial charge in [-0.1, -0.05) is 11.6 Å². The Morgan fingerprint density at radius 1 is 1.50 bits per heavy atom. The summed E-state index contributed by atoms with van der Waals surface area (Å²) in [7, 11) is 1.57. The van der Waals surface area contributed by atoms with Crippen molar-refractivity contribution in [2.24, 2.45) is 11.7 Å². The average Bonchev–Trinajstić information content (AvgIpc) is 3.19. The number of hydrogen-bond acceptors (Lipinski definition) is 4. The molecule has 1 aromatic rings. The largest absolute Gasteiger partial charge is 0.493 e. The van der Waals surface area contributed by atoms with E-state index in [1.807, 2.05) is 0 Å². The van der Waals surface area contributed by atoms with Crippen molar-refractivity contribution < 1.29 is 14.6 Å². The van der Waals surface area contributed by atoms with E-state index in [2.05, 4.69) is 0 Å². The van der Waals surface area contributed by atoms with Crippen molar-refractivity contribution in [3.63, 3.8) is 0 Å². The normalized spacial score (nSPS) is 16.4. The maximum atomic E-state index is 9.21. The zero-order chi connectivity index (χ0) is 13.1. The van der Waals surface area contributed by atoms with Crippen LogP contribution in [0.4, 0.5) is 0 Å². The molecule has 2 rings (SSSR count). The third-order valence-corrected chi connectivity index (χ3v) is 3.38. The van der Waals surface area contributed by atoms with Gasteiger partial charge in [0.15, 0.2) is 11.5 Å². The van der Waals surface area contributed by atoms with Gasteiger partial charge in [-0.2, -0.15) is 0 Å². The lowest BCUT2D eigenvalue weighted by atomic mass is 10.1. The minimum Gasteiger partial charge on any atom is -0.493 e. The van der Waals surface area contributed by atoms with Gasteiger partial charge >= 0.3 is 0 Å². The standard InChI is InChI=1S/C13H18ClNO3/c1-17-11-5-4-9(14)12(10(15)6-16)13(11)18-7-8-2-3-8/h4-5,8,10,16H,2-3,6-7,15H2,1H3. The van der Waals surface area contributed by atoms with Crippen molar-refractivity contribution in [1.29, 1.82) is 0 Å². The molecule has 18 heavy (non-hydrogen) atoms. The fourth-order valence-corrected chi connectivity index (χ4v) is 2.08. The fraction of sp³-hybridized carbons (Fsp3) is 0.538. The molecule has 1 aliphatic carbocycles. The van der Waals surface area contributed by atoms with Gasteiger partial charge in [-0.15, -0.1) is 0 Å². The molecular weight excluding hydrogens is 254 g/mol. The number of hydrogen-bond donors (Lipinski definition) is 2. The number of halogens is 1. The van der Waals surface area contributed by atoms with Crippen molar-refractivity contribution >= 4 is 11.6 Å². The molecule has 0 saturated heterocycles. The van der Waals surface area contributed by atoms with Crippen molar-refractivity contribution in [3.05, 3.63) is 22.7 Å². The van der Waals surface area contributed by atoms with Gasteiger partial charge in [0.05, 0.1) is 26.4 Å². The van der Waals surface area contributed by atoms with E-state index in [1.165, 1.54) is 12.8 Å². The average molecular weight is 272 g/mol. The summed E-state index contributed by atoms with van der Waals surface area (Å²) in [5.74, 6) is 1.77. The molecule has 0 spiro atoms. The van der Waals surface area contributed by atoms with Gasteiger partial charge in [-0.3, -0.25) is 0 Å². The zero-order valence-corrected chi connectivity index (χ0v) is 11.1. The fourth-order valence-electron chi connectivity index (χ4n) is 1.79. The Hall–Kier alpha value is -0.970. The third kappa shape index (κ3) is 2.88. The second-order valence-electron chi connectivity index (χ2n) is 4.54. The monoisotopic (exact) mass is 271 g/mol. The number of rotatable bonds is 6. The predicted molar refractivity (Wildman–Crippen MR) is 70.2 cm³/mol. The molecule has 4 nitrogen and oxygen atoms in total. The first-order valence-corrected chi connectivity index (χ1v) is 6.40. The van der Waals surface area contributed by atoms with Crippen LogP contribution in [0.2, 0.25) is 5.02 Å². The van der Waals surface area contributed by atoms with Crippen molar-refractivity contribution in [2.45, 2.75) is 18.9 Å². The van der Waals surface area contributed by atoms with Gasteiger partial charge in [-0.25, -0.2) is 0 Å². The Labute approximate surface area is 112 Å². The molecule has 1 saturated carbocycles. The highest BCUT2D eigenvalue weighted by molar-refractivity contribution is 6.31. The lowest BCUT2D eigenvalue weighted by Gasteiger charge is -2.19. The first kappa shape index (κ1) is 13.5. The Morgan fingerprint density at radius 3 is 2.78 bits per heavy atom. The molecule has 0 bridgehead atoms. The highest BCUT2D eigenvalue weighted by Crippen LogP contribution is 2.40. The highest BCUT2D eigenvalue weighted by Gasteiger charge is 2.25. The highest BCUT2D eigenvalue weighted by atomic mass is 35.5. The summed E-state index contributed by atoms with van der Waals surface area (Å²) in [6.07, 6.45) is 2.40. The SMILES string of the molecule is COc1ccc(Cl)c(C(N)CO)c1OCC1CC1.